The highest BCUT2D eigenvalue weighted by atomic mass is 16.5. The van der Waals surface area contributed by atoms with E-state index in [1.165, 1.54) is 0 Å². The third kappa shape index (κ3) is 5.04. The number of nitrogens with zero attached hydrogens (tertiary/aromatic N) is 8. The fourth-order valence-electron chi connectivity index (χ4n) is 4.75. The van der Waals surface area contributed by atoms with E-state index in [9.17, 15) is 4.79 Å². The highest BCUT2D eigenvalue weighted by Crippen LogP contribution is 2.22. The predicted molar refractivity (Wildman–Crippen MR) is 149 cm³/mol. The molecule has 1 aliphatic heterocycles. The van der Waals surface area contributed by atoms with Crippen LogP contribution in [0.5, 0.6) is 5.88 Å². The van der Waals surface area contributed by atoms with Crippen LogP contribution in [0.4, 0.5) is 11.6 Å². The minimum atomic E-state index is -0.220. The van der Waals surface area contributed by atoms with E-state index in [-0.39, 0.29) is 18.2 Å². The normalized spacial score (nSPS) is 14.5. The summed E-state index contributed by atoms with van der Waals surface area (Å²) in [7, 11) is 2.12. The topological polar surface area (TPSA) is 108 Å². The number of aromatic nitrogens is 7. The number of ether oxygens (including phenoxy) is 1. The molecule has 6 rings (SSSR count). The van der Waals surface area contributed by atoms with Gasteiger partial charge >= 0.3 is 0 Å². The maximum atomic E-state index is 13.3. The largest absolute Gasteiger partial charge is 0.474 e. The zero-order valence-corrected chi connectivity index (χ0v) is 21.6. The van der Waals surface area contributed by atoms with Crippen LogP contribution in [0.25, 0.3) is 22.5 Å². The molecule has 11 nitrogen and oxygen atoms in total. The van der Waals surface area contributed by atoms with Crippen molar-refractivity contribution < 1.29 is 4.74 Å². The number of hydrogen-bond donors (Lipinski definition) is 1. The predicted octanol–water partition coefficient (Wildman–Crippen LogP) is 3.57. The number of pyridine rings is 1. The van der Waals surface area contributed by atoms with Gasteiger partial charge in [-0.1, -0.05) is 18.2 Å². The van der Waals surface area contributed by atoms with Crippen molar-refractivity contribution in [1.29, 1.82) is 0 Å². The molecular formula is C28H29N9O2. The van der Waals surface area contributed by atoms with Crippen LogP contribution in [-0.4, -0.2) is 65.0 Å². The van der Waals surface area contributed by atoms with Crippen molar-refractivity contribution >= 4 is 22.7 Å². The number of imidazole rings is 1. The van der Waals surface area contributed by atoms with Gasteiger partial charge in [0.15, 0.2) is 11.5 Å². The molecule has 11 heteroatoms. The zero-order valence-electron chi connectivity index (χ0n) is 21.6. The summed E-state index contributed by atoms with van der Waals surface area (Å²) in [4.78, 5) is 33.6. The van der Waals surface area contributed by atoms with E-state index in [0.29, 0.717) is 28.7 Å². The Balaban J connectivity index is 1.36. The number of benzene rings is 1. The first-order valence-corrected chi connectivity index (χ1v) is 12.9. The fraction of sp³-hybridized carbons (Fsp3) is 0.250. The molecule has 0 unspecified atom stereocenters. The van der Waals surface area contributed by atoms with Crippen LogP contribution < -0.4 is 15.6 Å². The molecule has 4 aromatic heterocycles. The van der Waals surface area contributed by atoms with Gasteiger partial charge in [-0.15, -0.1) is 6.58 Å². The number of fused-ring (bicyclic) bond motifs is 1. The molecule has 0 radical (unpaired) electrons. The molecule has 0 spiro atoms. The van der Waals surface area contributed by atoms with E-state index in [1.54, 1.807) is 34.2 Å². The molecule has 39 heavy (non-hydrogen) atoms. The Hall–Kier alpha value is -4.77. The molecule has 5 aromatic rings. The van der Waals surface area contributed by atoms with Crippen LogP contribution in [0.2, 0.25) is 0 Å². The van der Waals surface area contributed by atoms with Crippen LogP contribution in [0, 0.1) is 0 Å². The number of anilines is 2. The minimum Gasteiger partial charge on any atom is -0.474 e. The van der Waals surface area contributed by atoms with E-state index in [4.69, 9.17) is 14.7 Å². The van der Waals surface area contributed by atoms with Crippen LogP contribution in [0.1, 0.15) is 12.8 Å². The molecule has 0 aliphatic carbocycles. The van der Waals surface area contributed by atoms with Gasteiger partial charge in [-0.05, 0) is 44.2 Å². The van der Waals surface area contributed by atoms with Crippen LogP contribution in [-0.2, 0) is 6.54 Å². The molecule has 1 N–H and O–H groups in total. The smallest absolute Gasteiger partial charge is 0.278 e. The Bertz CT molecular complexity index is 1660. The summed E-state index contributed by atoms with van der Waals surface area (Å²) in [6.07, 6.45) is 10.6. The molecular weight excluding hydrogens is 494 g/mol. The number of allylic oxidation sites excluding steroid dienone is 1. The van der Waals surface area contributed by atoms with Gasteiger partial charge in [0.2, 0.25) is 11.8 Å². The Kier molecular flexibility index (Phi) is 6.64. The van der Waals surface area contributed by atoms with Crippen molar-refractivity contribution in [2.24, 2.45) is 0 Å². The van der Waals surface area contributed by atoms with E-state index < -0.39 is 0 Å². The average Bonchev–Trinajstić information content (AvgIpc) is 3.58. The standard InChI is InChI=1S/C28H29N9O2/c1-3-13-36-27(38)23-18-30-28(31-20-6-4-7-21(17-20)35-16-12-29-19-35)33-26(23)37(36)24-8-5-9-25(32-24)39-22-10-14-34(2)15-11-22/h3-9,12,16-19,22H,1,10-11,13-15H2,2H3,(H,30,31,33). The summed E-state index contributed by atoms with van der Waals surface area (Å²) in [6.45, 7) is 6.09. The second-order valence-corrected chi connectivity index (χ2v) is 9.52. The second kappa shape index (κ2) is 10.5. The molecule has 1 fully saturated rings. The van der Waals surface area contributed by atoms with E-state index in [0.717, 1.165) is 37.3 Å². The lowest BCUT2D eigenvalue weighted by atomic mass is 10.1. The van der Waals surface area contributed by atoms with Crippen molar-refractivity contribution in [3.05, 3.63) is 90.4 Å². The van der Waals surface area contributed by atoms with Gasteiger partial charge in [0, 0.05) is 49.1 Å². The number of piperidine rings is 1. The van der Waals surface area contributed by atoms with Gasteiger partial charge in [-0.25, -0.2) is 19.3 Å². The maximum absolute atomic E-state index is 13.3. The molecule has 1 aliphatic rings. The molecule has 0 atom stereocenters. The van der Waals surface area contributed by atoms with Crippen LogP contribution in [0.3, 0.4) is 0 Å². The Morgan fingerprint density at radius 3 is 2.79 bits per heavy atom. The molecule has 0 amide bonds. The number of rotatable bonds is 8. The minimum absolute atomic E-state index is 0.108. The fourth-order valence-corrected chi connectivity index (χ4v) is 4.75. The first kappa shape index (κ1) is 24.6. The maximum Gasteiger partial charge on any atom is 0.278 e. The van der Waals surface area contributed by atoms with Crippen LogP contribution >= 0.6 is 0 Å². The van der Waals surface area contributed by atoms with Gasteiger partial charge in [0.25, 0.3) is 5.56 Å². The van der Waals surface area contributed by atoms with Gasteiger partial charge < -0.3 is 19.5 Å². The summed E-state index contributed by atoms with van der Waals surface area (Å²) in [5.74, 6) is 1.40. The molecule has 1 aromatic carbocycles. The van der Waals surface area contributed by atoms with E-state index in [2.05, 4.69) is 33.8 Å². The van der Waals surface area contributed by atoms with Crippen molar-refractivity contribution in [3.8, 4) is 17.4 Å². The quantitative estimate of drug-likeness (QED) is 0.308. The first-order chi connectivity index (χ1) is 19.1. The SMILES string of the molecule is C=CCn1c(=O)c2cnc(Nc3cccc(-n4ccnc4)c3)nc2n1-c1cccc(OC2CCN(C)CC2)n1. The third-order valence-corrected chi connectivity index (χ3v) is 6.76. The summed E-state index contributed by atoms with van der Waals surface area (Å²) < 4.78 is 11.4. The van der Waals surface area contributed by atoms with Crippen molar-refractivity contribution in [2.75, 3.05) is 25.5 Å². The molecule has 0 saturated carbocycles. The monoisotopic (exact) mass is 523 g/mol. The highest BCUT2D eigenvalue weighted by molar-refractivity contribution is 5.77. The van der Waals surface area contributed by atoms with Gasteiger partial charge in [-0.2, -0.15) is 9.97 Å². The number of hydrogen-bond acceptors (Lipinski definition) is 8. The third-order valence-electron chi connectivity index (χ3n) is 6.76. The number of likely N-dealkylation sites (tertiary alicyclic amines) is 1. The van der Waals surface area contributed by atoms with Gasteiger partial charge in [0.1, 0.15) is 11.5 Å². The van der Waals surface area contributed by atoms with Crippen LogP contribution in [0.15, 0.2) is 84.8 Å². The lowest BCUT2D eigenvalue weighted by Gasteiger charge is -2.29. The summed E-state index contributed by atoms with van der Waals surface area (Å²) in [5.41, 5.74) is 1.96. The molecule has 0 bridgehead atoms. The van der Waals surface area contributed by atoms with E-state index in [1.807, 2.05) is 53.2 Å². The second-order valence-electron chi connectivity index (χ2n) is 9.52. The highest BCUT2D eigenvalue weighted by Gasteiger charge is 2.21. The van der Waals surface area contributed by atoms with Crippen molar-refractivity contribution in [3.63, 3.8) is 0 Å². The molecule has 5 heterocycles. The van der Waals surface area contributed by atoms with Gasteiger partial charge in [0.05, 0.1) is 12.9 Å². The average molecular weight is 524 g/mol. The van der Waals surface area contributed by atoms with Crippen molar-refractivity contribution in [1.82, 2.24) is 38.8 Å². The Morgan fingerprint density at radius 1 is 1.15 bits per heavy atom. The first-order valence-electron chi connectivity index (χ1n) is 12.9. The molecule has 198 valence electrons. The zero-order chi connectivity index (χ0) is 26.8. The van der Waals surface area contributed by atoms with Crippen molar-refractivity contribution in [2.45, 2.75) is 25.5 Å². The lowest BCUT2D eigenvalue weighted by Crippen LogP contribution is -2.35. The Morgan fingerprint density at radius 2 is 2.00 bits per heavy atom. The summed E-state index contributed by atoms with van der Waals surface area (Å²) in [6, 6.07) is 13.4. The summed E-state index contributed by atoms with van der Waals surface area (Å²) >= 11 is 0. The Labute approximate surface area is 225 Å². The lowest BCUT2D eigenvalue weighted by molar-refractivity contribution is 0.110. The van der Waals surface area contributed by atoms with Gasteiger partial charge in [-0.3, -0.25) is 4.79 Å². The number of nitrogens with one attached hydrogen (secondary N) is 1. The van der Waals surface area contributed by atoms with E-state index >= 15 is 0 Å². The summed E-state index contributed by atoms with van der Waals surface area (Å²) in [5, 5.41) is 3.64. The molecule has 1 saturated heterocycles.